The van der Waals surface area contributed by atoms with E-state index in [1.165, 1.54) is 12.0 Å². The van der Waals surface area contributed by atoms with Crippen LogP contribution in [0.2, 0.25) is 0 Å². The summed E-state index contributed by atoms with van der Waals surface area (Å²) in [4.78, 5) is 4.24. The molecule has 1 rings (SSSR count). The molecule has 18 heavy (non-hydrogen) atoms. The van der Waals surface area contributed by atoms with E-state index in [9.17, 15) is 0 Å². The van der Waals surface area contributed by atoms with E-state index in [1.54, 1.807) is 6.20 Å². The first-order valence-electron chi connectivity index (χ1n) is 6.93. The van der Waals surface area contributed by atoms with Crippen molar-refractivity contribution in [3.63, 3.8) is 0 Å². The third kappa shape index (κ3) is 6.01. The molecule has 0 spiro atoms. The van der Waals surface area contributed by atoms with Crippen molar-refractivity contribution < 1.29 is 4.74 Å². The molecule has 0 aliphatic heterocycles. The van der Waals surface area contributed by atoms with E-state index in [0.717, 1.165) is 25.3 Å². The minimum Gasteiger partial charge on any atom is -0.489 e. The van der Waals surface area contributed by atoms with Gasteiger partial charge >= 0.3 is 0 Å². The van der Waals surface area contributed by atoms with Crippen LogP contribution >= 0.6 is 0 Å². The van der Waals surface area contributed by atoms with E-state index in [2.05, 4.69) is 30.2 Å². The molecule has 0 amide bonds. The highest BCUT2D eigenvalue weighted by Gasteiger charge is 2.05. The Balaban J connectivity index is 2.45. The second kappa shape index (κ2) is 8.09. The van der Waals surface area contributed by atoms with Crippen LogP contribution in [-0.2, 0) is 6.42 Å². The second-order valence-corrected chi connectivity index (χ2v) is 5.21. The molecule has 1 heterocycles. The van der Waals surface area contributed by atoms with Crippen LogP contribution in [0.15, 0.2) is 18.5 Å². The number of ether oxygens (including phenoxy) is 1. The Kier molecular flexibility index (Phi) is 6.73. The third-order valence-electron chi connectivity index (χ3n) is 2.65. The standard InChI is InChI=1S/C15H26N2O/c1-5-6-16-9-13(4)7-14-8-15(11-17-10-14)18-12(2)3/h8,10-13,16H,5-7,9H2,1-4H3. The van der Waals surface area contributed by atoms with Crippen LogP contribution in [-0.4, -0.2) is 24.2 Å². The first kappa shape index (κ1) is 15.0. The molecule has 0 aliphatic rings. The summed E-state index contributed by atoms with van der Waals surface area (Å²) < 4.78 is 5.66. The Labute approximate surface area is 111 Å². The molecule has 0 bridgehead atoms. The van der Waals surface area contributed by atoms with Gasteiger partial charge in [0.05, 0.1) is 12.3 Å². The normalized spacial score (nSPS) is 12.7. The van der Waals surface area contributed by atoms with E-state index in [0.29, 0.717) is 5.92 Å². The van der Waals surface area contributed by atoms with Crippen molar-refractivity contribution in [2.45, 2.75) is 46.6 Å². The van der Waals surface area contributed by atoms with Gasteiger partial charge in [-0.2, -0.15) is 0 Å². The Morgan fingerprint density at radius 3 is 2.72 bits per heavy atom. The molecular formula is C15H26N2O. The maximum atomic E-state index is 5.66. The largest absolute Gasteiger partial charge is 0.489 e. The molecule has 0 aromatic carbocycles. The molecule has 0 saturated carbocycles. The van der Waals surface area contributed by atoms with Gasteiger partial charge in [0.25, 0.3) is 0 Å². The highest BCUT2D eigenvalue weighted by atomic mass is 16.5. The van der Waals surface area contributed by atoms with Gasteiger partial charge in [0.2, 0.25) is 0 Å². The van der Waals surface area contributed by atoms with Crippen molar-refractivity contribution in [2.24, 2.45) is 5.92 Å². The maximum absolute atomic E-state index is 5.66. The van der Waals surface area contributed by atoms with E-state index >= 15 is 0 Å². The second-order valence-electron chi connectivity index (χ2n) is 5.21. The summed E-state index contributed by atoms with van der Waals surface area (Å²) >= 11 is 0. The summed E-state index contributed by atoms with van der Waals surface area (Å²) in [6, 6.07) is 2.10. The fraction of sp³-hybridized carbons (Fsp3) is 0.667. The van der Waals surface area contributed by atoms with Gasteiger partial charge in [-0.05, 0) is 57.3 Å². The number of rotatable bonds is 8. The average molecular weight is 250 g/mol. The molecule has 3 heteroatoms. The molecule has 0 radical (unpaired) electrons. The van der Waals surface area contributed by atoms with Crippen molar-refractivity contribution in [2.75, 3.05) is 13.1 Å². The molecule has 102 valence electrons. The smallest absolute Gasteiger partial charge is 0.138 e. The van der Waals surface area contributed by atoms with Crippen LogP contribution in [0.5, 0.6) is 5.75 Å². The molecule has 1 aromatic heterocycles. The van der Waals surface area contributed by atoms with Crippen LogP contribution in [0.4, 0.5) is 0 Å². The zero-order valence-electron chi connectivity index (χ0n) is 12.1. The van der Waals surface area contributed by atoms with E-state index in [4.69, 9.17) is 4.74 Å². The van der Waals surface area contributed by atoms with Gasteiger partial charge < -0.3 is 10.1 Å². The lowest BCUT2D eigenvalue weighted by Crippen LogP contribution is -2.23. The zero-order valence-corrected chi connectivity index (χ0v) is 12.1. The van der Waals surface area contributed by atoms with Gasteiger partial charge in [-0.15, -0.1) is 0 Å². The van der Waals surface area contributed by atoms with Crippen LogP contribution in [0.1, 0.15) is 39.7 Å². The summed E-state index contributed by atoms with van der Waals surface area (Å²) in [5, 5.41) is 3.45. The highest BCUT2D eigenvalue weighted by molar-refractivity contribution is 5.24. The van der Waals surface area contributed by atoms with Crippen molar-refractivity contribution in [3.05, 3.63) is 24.0 Å². The summed E-state index contributed by atoms with van der Waals surface area (Å²) in [5.41, 5.74) is 1.25. The highest BCUT2D eigenvalue weighted by Crippen LogP contribution is 2.15. The van der Waals surface area contributed by atoms with Crippen molar-refractivity contribution in [1.29, 1.82) is 0 Å². The summed E-state index contributed by atoms with van der Waals surface area (Å²) in [6.07, 6.45) is 6.14. The number of hydrogen-bond acceptors (Lipinski definition) is 3. The Hall–Kier alpha value is -1.09. The van der Waals surface area contributed by atoms with Gasteiger partial charge in [0, 0.05) is 6.20 Å². The number of aromatic nitrogens is 1. The average Bonchev–Trinajstić information content (AvgIpc) is 2.28. The first-order chi connectivity index (χ1) is 8.61. The van der Waals surface area contributed by atoms with Crippen LogP contribution in [0.3, 0.4) is 0 Å². The summed E-state index contributed by atoms with van der Waals surface area (Å²) in [5.74, 6) is 1.49. The van der Waals surface area contributed by atoms with Crippen LogP contribution < -0.4 is 10.1 Å². The van der Waals surface area contributed by atoms with Gasteiger partial charge in [0.1, 0.15) is 5.75 Å². The molecule has 3 nitrogen and oxygen atoms in total. The molecule has 0 saturated heterocycles. The lowest BCUT2D eigenvalue weighted by Gasteiger charge is -2.14. The third-order valence-corrected chi connectivity index (χ3v) is 2.65. The van der Waals surface area contributed by atoms with Crippen molar-refractivity contribution >= 4 is 0 Å². The molecule has 1 aromatic rings. The van der Waals surface area contributed by atoms with E-state index < -0.39 is 0 Å². The maximum Gasteiger partial charge on any atom is 0.138 e. The lowest BCUT2D eigenvalue weighted by molar-refractivity contribution is 0.241. The Morgan fingerprint density at radius 1 is 1.28 bits per heavy atom. The topological polar surface area (TPSA) is 34.2 Å². The van der Waals surface area contributed by atoms with Crippen molar-refractivity contribution in [3.8, 4) is 5.75 Å². The van der Waals surface area contributed by atoms with Crippen molar-refractivity contribution in [1.82, 2.24) is 10.3 Å². The minimum atomic E-state index is 0.200. The summed E-state index contributed by atoms with van der Waals surface area (Å²) in [7, 11) is 0. The SMILES string of the molecule is CCCNCC(C)Cc1cncc(OC(C)C)c1. The quantitative estimate of drug-likeness (QED) is 0.720. The molecule has 1 atom stereocenters. The Morgan fingerprint density at radius 2 is 2.06 bits per heavy atom. The molecule has 0 aliphatic carbocycles. The monoisotopic (exact) mass is 250 g/mol. The zero-order chi connectivity index (χ0) is 13.4. The summed E-state index contributed by atoms with van der Waals surface area (Å²) in [6.45, 7) is 10.7. The van der Waals surface area contributed by atoms with Gasteiger partial charge in [0.15, 0.2) is 0 Å². The fourth-order valence-electron chi connectivity index (χ4n) is 1.91. The molecule has 1 N–H and O–H groups in total. The van der Waals surface area contributed by atoms with Gasteiger partial charge in [-0.3, -0.25) is 4.98 Å². The molecular weight excluding hydrogens is 224 g/mol. The van der Waals surface area contributed by atoms with Crippen LogP contribution in [0.25, 0.3) is 0 Å². The lowest BCUT2D eigenvalue weighted by atomic mass is 10.0. The molecule has 0 fully saturated rings. The van der Waals surface area contributed by atoms with E-state index in [1.807, 2.05) is 20.0 Å². The molecule has 1 unspecified atom stereocenters. The van der Waals surface area contributed by atoms with E-state index in [-0.39, 0.29) is 6.10 Å². The van der Waals surface area contributed by atoms with Gasteiger partial charge in [-0.1, -0.05) is 13.8 Å². The predicted molar refractivity (Wildman–Crippen MR) is 76.0 cm³/mol. The minimum absolute atomic E-state index is 0.200. The number of nitrogens with zero attached hydrogens (tertiary/aromatic N) is 1. The van der Waals surface area contributed by atoms with Crippen LogP contribution in [0, 0.1) is 5.92 Å². The fourth-order valence-corrected chi connectivity index (χ4v) is 1.91. The number of hydrogen-bond donors (Lipinski definition) is 1. The first-order valence-corrected chi connectivity index (χ1v) is 6.93. The Bertz CT molecular complexity index is 339. The number of pyridine rings is 1. The van der Waals surface area contributed by atoms with Gasteiger partial charge in [-0.25, -0.2) is 0 Å². The predicted octanol–water partition coefficient (Wildman–Crippen LogP) is 3.05. The number of nitrogens with one attached hydrogen (secondary N) is 1.